The SMILES string of the molecule is CC1=CCCC2(C)C(CCC2(O)CN(Cc2ccccc2)S(C)(=O)=O)c2ccc(cc2C(=O)c2ccccc2)CC(O)CC1. The summed E-state index contributed by atoms with van der Waals surface area (Å²) >= 11 is 0. The Kier molecular flexibility index (Phi) is 9.61. The first-order chi connectivity index (χ1) is 20.9. The second kappa shape index (κ2) is 13.1. The molecular weight excluding hydrogens is 570 g/mol. The molecule has 0 aliphatic heterocycles. The summed E-state index contributed by atoms with van der Waals surface area (Å²) in [5.74, 6) is -0.261. The number of rotatable bonds is 7. The summed E-state index contributed by atoms with van der Waals surface area (Å²) < 4.78 is 27.6. The quantitative estimate of drug-likeness (QED) is 0.236. The van der Waals surface area contributed by atoms with E-state index in [-0.39, 0.29) is 24.8 Å². The summed E-state index contributed by atoms with van der Waals surface area (Å²) in [6.07, 6.45) is 7.08. The van der Waals surface area contributed by atoms with Gasteiger partial charge in [0, 0.05) is 29.6 Å². The number of fused-ring (bicyclic) bond motifs is 8. The van der Waals surface area contributed by atoms with Crippen LogP contribution in [0.3, 0.4) is 0 Å². The van der Waals surface area contributed by atoms with Crippen LogP contribution in [-0.2, 0) is 23.0 Å². The number of hydrogen-bond donors (Lipinski definition) is 2. The van der Waals surface area contributed by atoms with Crippen LogP contribution in [0.5, 0.6) is 0 Å². The van der Waals surface area contributed by atoms with Crippen LogP contribution in [-0.4, -0.2) is 53.2 Å². The highest BCUT2D eigenvalue weighted by atomic mass is 32.2. The summed E-state index contributed by atoms with van der Waals surface area (Å²) in [7, 11) is -3.64. The number of nitrogens with zero attached hydrogens (tertiary/aromatic N) is 1. The highest BCUT2D eigenvalue weighted by Gasteiger charge is 2.57. The summed E-state index contributed by atoms with van der Waals surface area (Å²) in [5.41, 5.74) is 2.97. The van der Waals surface area contributed by atoms with Crippen molar-refractivity contribution < 1.29 is 23.4 Å². The lowest BCUT2D eigenvalue weighted by molar-refractivity contribution is -0.0731. The molecule has 0 spiro atoms. The first kappa shape index (κ1) is 32.3. The zero-order valence-electron chi connectivity index (χ0n) is 26.1. The molecule has 6 nitrogen and oxygen atoms in total. The molecule has 0 amide bonds. The molecule has 2 bridgehead atoms. The van der Waals surface area contributed by atoms with Crippen molar-refractivity contribution >= 4 is 15.8 Å². The van der Waals surface area contributed by atoms with Crippen molar-refractivity contribution in [2.75, 3.05) is 12.8 Å². The molecule has 3 aromatic carbocycles. The van der Waals surface area contributed by atoms with Crippen LogP contribution in [0, 0.1) is 5.41 Å². The van der Waals surface area contributed by atoms with Crippen LogP contribution in [0.1, 0.15) is 90.9 Å². The van der Waals surface area contributed by atoms with Crippen molar-refractivity contribution in [2.45, 2.75) is 83.0 Å². The van der Waals surface area contributed by atoms with E-state index in [2.05, 4.69) is 19.9 Å². The minimum atomic E-state index is -3.64. The van der Waals surface area contributed by atoms with E-state index in [1.807, 2.05) is 78.9 Å². The lowest BCUT2D eigenvalue weighted by Crippen LogP contribution is -2.53. The van der Waals surface area contributed by atoms with Gasteiger partial charge >= 0.3 is 0 Å². The molecule has 4 atom stereocenters. The Balaban J connectivity index is 1.61. The maximum Gasteiger partial charge on any atom is 0.211 e. The second-order valence-electron chi connectivity index (χ2n) is 13.2. The van der Waals surface area contributed by atoms with Crippen LogP contribution in [0.4, 0.5) is 0 Å². The van der Waals surface area contributed by atoms with Crippen LogP contribution >= 0.6 is 0 Å². The van der Waals surface area contributed by atoms with Gasteiger partial charge in [-0.15, -0.1) is 0 Å². The third kappa shape index (κ3) is 6.91. The monoisotopic (exact) mass is 615 g/mol. The fourth-order valence-electron chi connectivity index (χ4n) is 7.31. The van der Waals surface area contributed by atoms with Crippen molar-refractivity contribution in [1.29, 1.82) is 0 Å². The zero-order valence-corrected chi connectivity index (χ0v) is 26.9. The highest BCUT2D eigenvalue weighted by molar-refractivity contribution is 7.88. The molecule has 0 aromatic heterocycles. The molecule has 234 valence electrons. The Morgan fingerprint density at radius 2 is 1.66 bits per heavy atom. The maximum atomic E-state index is 14.1. The van der Waals surface area contributed by atoms with Crippen LogP contribution in [0.15, 0.2) is 90.5 Å². The fourth-order valence-corrected chi connectivity index (χ4v) is 8.14. The van der Waals surface area contributed by atoms with Gasteiger partial charge < -0.3 is 10.2 Å². The number of allylic oxidation sites excluding steroid dienone is 2. The number of sulfonamides is 1. The molecule has 0 heterocycles. The Bertz CT molecular complexity index is 1600. The van der Waals surface area contributed by atoms with E-state index in [0.29, 0.717) is 49.7 Å². The minimum absolute atomic E-state index is 0.0251. The van der Waals surface area contributed by atoms with Gasteiger partial charge in [0.05, 0.1) is 18.0 Å². The van der Waals surface area contributed by atoms with Crippen molar-refractivity contribution in [2.24, 2.45) is 5.41 Å². The van der Waals surface area contributed by atoms with E-state index in [1.54, 1.807) is 0 Å². The number of benzene rings is 3. The Hall–Kier alpha value is -3.10. The lowest BCUT2D eigenvalue weighted by Gasteiger charge is -2.45. The topological polar surface area (TPSA) is 94.9 Å². The molecule has 0 saturated heterocycles. The van der Waals surface area contributed by atoms with Crippen molar-refractivity contribution in [3.05, 3.63) is 118 Å². The number of carbonyl (C=O) groups excluding carboxylic acids is 1. The lowest BCUT2D eigenvalue weighted by atomic mass is 9.64. The number of aliphatic hydroxyl groups is 2. The molecule has 6 rings (SSSR count). The predicted molar refractivity (Wildman–Crippen MR) is 175 cm³/mol. The molecule has 0 radical (unpaired) electrons. The number of aliphatic hydroxyl groups excluding tert-OH is 1. The summed E-state index contributed by atoms with van der Waals surface area (Å²) in [6, 6.07) is 24.6. The van der Waals surface area contributed by atoms with E-state index in [9.17, 15) is 23.4 Å². The molecule has 3 aliphatic rings. The standard InChI is InChI=1S/C37H45NO5S/c1-27-11-10-21-36(2)34(20-22-37(36,41)26-38(44(3,42)43)25-28-12-6-4-7-13-28)32-19-17-29(23-31(39)18-16-27)24-33(32)35(40)30-14-8-5-9-15-30/h4-9,11-15,17,19,24,31,34,39,41H,10,16,18,20-23,25-26H2,1-3H3. The van der Waals surface area contributed by atoms with Gasteiger partial charge in [-0.05, 0) is 80.5 Å². The molecule has 4 unspecified atom stereocenters. The molecule has 1 saturated carbocycles. The summed E-state index contributed by atoms with van der Waals surface area (Å²) in [4.78, 5) is 14.1. The van der Waals surface area contributed by atoms with Crippen LogP contribution in [0.25, 0.3) is 0 Å². The fraction of sp³-hybridized carbons (Fsp3) is 0.432. The number of ketones is 1. The number of hydrogen-bond acceptors (Lipinski definition) is 5. The molecule has 7 heteroatoms. The zero-order chi connectivity index (χ0) is 31.5. The van der Waals surface area contributed by atoms with Gasteiger partial charge in [-0.25, -0.2) is 8.42 Å². The summed E-state index contributed by atoms with van der Waals surface area (Å²) in [5, 5.41) is 23.4. The molecule has 3 aliphatic carbocycles. The minimum Gasteiger partial charge on any atom is -0.393 e. The van der Waals surface area contributed by atoms with E-state index >= 15 is 0 Å². The summed E-state index contributed by atoms with van der Waals surface area (Å²) in [6.45, 7) is 4.31. The molecule has 1 fully saturated rings. The van der Waals surface area contributed by atoms with Gasteiger partial charge in [0.1, 0.15) is 0 Å². The largest absolute Gasteiger partial charge is 0.393 e. The average Bonchev–Trinajstić information content (AvgIpc) is 3.25. The third-order valence-corrected chi connectivity index (χ3v) is 11.3. The van der Waals surface area contributed by atoms with Gasteiger partial charge in [-0.1, -0.05) is 91.4 Å². The average molecular weight is 616 g/mol. The normalized spacial score (nSPS) is 26.2. The van der Waals surface area contributed by atoms with Gasteiger partial charge in [0.15, 0.2) is 5.78 Å². The Labute approximate surface area is 262 Å². The van der Waals surface area contributed by atoms with Crippen molar-refractivity contribution in [1.82, 2.24) is 4.31 Å². The molecule has 2 N–H and O–H groups in total. The van der Waals surface area contributed by atoms with E-state index in [1.165, 1.54) is 16.1 Å². The molecular formula is C37H45NO5S. The van der Waals surface area contributed by atoms with Gasteiger partial charge in [0.2, 0.25) is 10.0 Å². The van der Waals surface area contributed by atoms with Gasteiger partial charge in [-0.3, -0.25) is 4.79 Å². The smallest absolute Gasteiger partial charge is 0.211 e. The first-order valence-electron chi connectivity index (χ1n) is 15.7. The second-order valence-corrected chi connectivity index (χ2v) is 15.1. The van der Waals surface area contributed by atoms with E-state index in [4.69, 9.17) is 0 Å². The number of carbonyl (C=O) groups is 1. The van der Waals surface area contributed by atoms with E-state index in [0.717, 1.165) is 23.1 Å². The Morgan fingerprint density at radius 1 is 0.977 bits per heavy atom. The van der Waals surface area contributed by atoms with Crippen molar-refractivity contribution in [3.8, 4) is 0 Å². The Morgan fingerprint density at radius 3 is 2.34 bits per heavy atom. The van der Waals surface area contributed by atoms with Crippen LogP contribution < -0.4 is 0 Å². The maximum absolute atomic E-state index is 14.1. The molecule has 3 aromatic rings. The highest BCUT2D eigenvalue weighted by Crippen LogP contribution is 2.59. The molecule has 44 heavy (non-hydrogen) atoms. The van der Waals surface area contributed by atoms with Crippen LogP contribution in [0.2, 0.25) is 0 Å². The van der Waals surface area contributed by atoms with Gasteiger partial charge in [-0.2, -0.15) is 4.31 Å². The van der Waals surface area contributed by atoms with Crippen molar-refractivity contribution in [3.63, 3.8) is 0 Å². The third-order valence-electron chi connectivity index (χ3n) is 10.1. The first-order valence-corrected chi connectivity index (χ1v) is 17.5. The van der Waals surface area contributed by atoms with Gasteiger partial charge in [0.25, 0.3) is 0 Å². The predicted octanol–water partition coefficient (Wildman–Crippen LogP) is 6.42. The van der Waals surface area contributed by atoms with E-state index < -0.39 is 27.1 Å².